The van der Waals surface area contributed by atoms with Crippen LogP contribution < -0.4 is 15.8 Å². The second-order valence-corrected chi connectivity index (χ2v) is 9.40. The molecule has 25 heavy (non-hydrogen) atoms. The summed E-state index contributed by atoms with van der Waals surface area (Å²) < 4.78 is 3.90. The van der Waals surface area contributed by atoms with E-state index in [1.807, 2.05) is 36.2 Å². The highest BCUT2D eigenvalue weighted by atomic mass is 32.2. The van der Waals surface area contributed by atoms with Crippen LogP contribution in [0.15, 0.2) is 36.5 Å². The van der Waals surface area contributed by atoms with Gasteiger partial charge in [-0.15, -0.1) is 0 Å². The second-order valence-electron chi connectivity index (χ2n) is 7.73. The summed E-state index contributed by atoms with van der Waals surface area (Å²) in [6.07, 6.45) is 7.66. The van der Waals surface area contributed by atoms with Crippen LogP contribution in [-0.4, -0.2) is 23.1 Å². The number of anilines is 1. The van der Waals surface area contributed by atoms with Gasteiger partial charge in [0.1, 0.15) is 0 Å². The molecule has 5 heteroatoms. The van der Waals surface area contributed by atoms with Gasteiger partial charge >= 0.3 is 0 Å². The summed E-state index contributed by atoms with van der Waals surface area (Å²) in [4.78, 5) is 11.7. The van der Waals surface area contributed by atoms with Crippen LogP contribution >= 0.6 is 11.9 Å². The third-order valence-electron chi connectivity index (χ3n) is 4.39. The number of hydrogen-bond acceptors (Lipinski definition) is 5. The van der Waals surface area contributed by atoms with Crippen molar-refractivity contribution in [1.82, 2.24) is 4.72 Å². The van der Waals surface area contributed by atoms with Crippen LogP contribution in [0.3, 0.4) is 0 Å². The average molecular weight is 362 g/mol. The van der Waals surface area contributed by atoms with Crippen LogP contribution in [-0.2, 0) is 0 Å². The van der Waals surface area contributed by atoms with Gasteiger partial charge in [0.15, 0.2) is 5.78 Å². The number of carbonyl (C=O) groups excluding carboxylic acids is 1. The molecule has 1 aromatic rings. The van der Waals surface area contributed by atoms with Crippen LogP contribution in [0.2, 0.25) is 0 Å². The SMILES string of the molecule is CC(C)(C)SNC1CCC(CNc2ccc(C(=O)C=CN)cc2)CC1. The van der Waals surface area contributed by atoms with Gasteiger partial charge in [0.05, 0.1) is 0 Å². The first kappa shape index (κ1) is 19.9. The predicted octanol–water partition coefficient (Wildman–Crippen LogP) is 4.35. The number of ketones is 1. The van der Waals surface area contributed by atoms with Gasteiger partial charge in [0.25, 0.3) is 0 Å². The molecule has 0 heterocycles. The van der Waals surface area contributed by atoms with Crippen molar-refractivity contribution in [1.29, 1.82) is 0 Å². The van der Waals surface area contributed by atoms with Gasteiger partial charge in [-0.3, -0.25) is 9.52 Å². The van der Waals surface area contributed by atoms with Crippen LogP contribution in [0.4, 0.5) is 5.69 Å². The molecule has 1 aliphatic rings. The van der Waals surface area contributed by atoms with Gasteiger partial charge in [0, 0.05) is 34.7 Å². The lowest BCUT2D eigenvalue weighted by Crippen LogP contribution is -2.33. The summed E-state index contributed by atoms with van der Waals surface area (Å²) in [5.74, 6) is 0.659. The van der Waals surface area contributed by atoms with Crippen LogP contribution in [0, 0.1) is 5.92 Å². The molecule has 0 aliphatic heterocycles. The maximum absolute atomic E-state index is 11.7. The number of nitrogens with one attached hydrogen (secondary N) is 2. The quantitative estimate of drug-likeness (QED) is 0.383. The lowest BCUT2D eigenvalue weighted by molar-refractivity contribution is 0.104. The van der Waals surface area contributed by atoms with E-state index in [0.29, 0.717) is 11.6 Å². The molecule has 0 saturated heterocycles. The molecule has 138 valence electrons. The number of nitrogens with two attached hydrogens (primary N) is 1. The summed E-state index contributed by atoms with van der Waals surface area (Å²) in [5.41, 5.74) is 6.99. The smallest absolute Gasteiger partial charge is 0.187 e. The second kappa shape index (κ2) is 9.30. The Morgan fingerprint density at radius 2 is 1.84 bits per heavy atom. The van der Waals surface area contributed by atoms with Gasteiger partial charge in [-0.1, -0.05) is 11.9 Å². The Labute approximate surface area is 156 Å². The van der Waals surface area contributed by atoms with Crippen molar-refractivity contribution in [3.05, 3.63) is 42.1 Å². The van der Waals surface area contributed by atoms with Gasteiger partial charge in [0.2, 0.25) is 0 Å². The highest BCUT2D eigenvalue weighted by Crippen LogP contribution is 2.28. The van der Waals surface area contributed by atoms with E-state index >= 15 is 0 Å². The first-order chi connectivity index (χ1) is 11.9. The highest BCUT2D eigenvalue weighted by Gasteiger charge is 2.22. The summed E-state index contributed by atoms with van der Waals surface area (Å²) in [6, 6.07) is 8.25. The Morgan fingerprint density at radius 3 is 2.40 bits per heavy atom. The maximum atomic E-state index is 11.7. The normalized spacial score (nSPS) is 21.4. The van der Waals surface area contributed by atoms with Crippen molar-refractivity contribution >= 4 is 23.4 Å². The molecule has 0 amide bonds. The van der Waals surface area contributed by atoms with Crippen molar-refractivity contribution in [2.24, 2.45) is 11.7 Å². The third-order valence-corrected chi connectivity index (χ3v) is 5.45. The molecule has 0 atom stereocenters. The van der Waals surface area contributed by atoms with E-state index in [-0.39, 0.29) is 10.5 Å². The number of allylic oxidation sites excluding steroid dienone is 1. The summed E-state index contributed by atoms with van der Waals surface area (Å²) >= 11 is 1.85. The van der Waals surface area contributed by atoms with Crippen LogP contribution in [0.1, 0.15) is 56.8 Å². The summed E-state index contributed by atoms with van der Waals surface area (Å²) in [7, 11) is 0. The molecule has 0 unspecified atom stereocenters. The van der Waals surface area contributed by atoms with Gasteiger partial charge in [-0.05, 0) is 82.8 Å². The monoisotopic (exact) mass is 361 g/mol. The fourth-order valence-corrected chi connectivity index (χ4v) is 3.70. The van der Waals surface area contributed by atoms with Crippen molar-refractivity contribution in [3.8, 4) is 0 Å². The molecule has 1 saturated carbocycles. The Kier molecular flexibility index (Phi) is 7.38. The minimum atomic E-state index is -0.0620. The molecular weight excluding hydrogens is 330 g/mol. The molecule has 4 nitrogen and oxygen atoms in total. The molecule has 0 radical (unpaired) electrons. The van der Waals surface area contributed by atoms with Crippen molar-refractivity contribution in [2.75, 3.05) is 11.9 Å². The molecule has 0 bridgehead atoms. The van der Waals surface area contributed by atoms with E-state index in [4.69, 9.17) is 5.73 Å². The van der Waals surface area contributed by atoms with Crippen molar-refractivity contribution in [3.63, 3.8) is 0 Å². The fraction of sp³-hybridized carbons (Fsp3) is 0.550. The van der Waals surface area contributed by atoms with E-state index in [1.165, 1.54) is 38.0 Å². The highest BCUT2D eigenvalue weighted by molar-refractivity contribution is 7.98. The van der Waals surface area contributed by atoms with E-state index < -0.39 is 0 Å². The molecule has 1 fully saturated rings. The van der Waals surface area contributed by atoms with E-state index in [2.05, 4.69) is 30.8 Å². The molecule has 0 spiro atoms. The standard InChI is InChI=1S/C20H31N3OS/c1-20(2,3)25-23-18-8-4-15(5-9-18)14-22-17-10-6-16(7-11-17)19(24)12-13-21/h6-7,10-13,15,18,22-23H,4-5,8-9,14,21H2,1-3H3. The summed E-state index contributed by atoms with van der Waals surface area (Å²) in [6.45, 7) is 7.72. The lowest BCUT2D eigenvalue weighted by Gasteiger charge is -2.31. The van der Waals surface area contributed by atoms with Crippen LogP contribution in [0.5, 0.6) is 0 Å². The number of benzene rings is 1. The van der Waals surface area contributed by atoms with Crippen molar-refractivity contribution in [2.45, 2.75) is 57.2 Å². The predicted molar refractivity (Wildman–Crippen MR) is 109 cm³/mol. The van der Waals surface area contributed by atoms with E-state index in [1.54, 1.807) is 0 Å². The van der Waals surface area contributed by atoms with Gasteiger partial charge in [-0.25, -0.2) is 0 Å². The summed E-state index contributed by atoms with van der Waals surface area (Å²) in [5, 5.41) is 3.50. The van der Waals surface area contributed by atoms with E-state index in [0.717, 1.165) is 18.2 Å². The first-order valence-corrected chi connectivity index (χ1v) is 9.89. The molecular formula is C20H31N3OS. The minimum absolute atomic E-state index is 0.0620. The zero-order valence-corrected chi connectivity index (χ0v) is 16.4. The largest absolute Gasteiger partial charge is 0.404 e. The Hall–Kier alpha value is -1.46. The lowest BCUT2D eigenvalue weighted by atomic mass is 9.86. The number of carbonyl (C=O) groups is 1. The zero-order chi connectivity index (χ0) is 18.3. The van der Waals surface area contributed by atoms with E-state index in [9.17, 15) is 4.79 Å². The Morgan fingerprint density at radius 1 is 1.20 bits per heavy atom. The zero-order valence-electron chi connectivity index (χ0n) is 15.5. The average Bonchev–Trinajstić information content (AvgIpc) is 2.59. The number of hydrogen-bond donors (Lipinski definition) is 3. The van der Waals surface area contributed by atoms with Crippen molar-refractivity contribution < 1.29 is 4.79 Å². The Balaban J connectivity index is 1.71. The number of rotatable bonds is 7. The molecule has 2 rings (SSSR count). The molecule has 0 aromatic heterocycles. The maximum Gasteiger partial charge on any atom is 0.187 e. The molecule has 4 N–H and O–H groups in total. The third kappa shape index (κ3) is 7.12. The molecule has 1 aromatic carbocycles. The first-order valence-electron chi connectivity index (χ1n) is 9.07. The Bertz CT molecular complexity index is 570. The molecule has 1 aliphatic carbocycles. The minimum Gasteiger partial charge on any atom is -0.404 e. The van der Waals surface area contributed by atoms with Gasteiger partial charge in [-0.2, -0.15) is 0 Å². The topological polar surface area (TPSA) is 67.1 Å². The van der Waals surface area contributed by atoms with Gasteiger partial charge < -0.3 is 11.1 Å². The fourth-order valence-electron chi connectivity index (χ4n) is 2.94. The van der Waals surface area contributed by atoms with Crippen LogP contribution in [0.25, 0.3) is 0 Å².